The van der Waals surface area contributed by atoms with Gasteiger partial charge in [0.25, 0.3) is 0 Å². The summed E-state index contributed by atoms with van der Waals surface area (Å²) in [6.45, 7) is 6.83. The number of rotatable bonds is 8. The molecule has 0 spiro atoms. The Morgan fingerprint density at radius 2 is 2.03 bits per heavy atom. The number of benzene rings is 2. The number of β-amino-alcohol motifs (C(OH)–C–C–N with tert-alkyl or cyclic N) is 1. The highest BCUT2D eigenvalue weighted by Crippen LogP contribution is 2.38. The molecule has 0 saturated heterocycles. The van der Waals surface area contributed by atoms with Gasteiger partial charge in [-0.3, -0.25) is 0 Å². The van der Waals surface area contributed by atoms with Crippen LogP contribution in [0.3, 0.4) is 0 Å². The second-order valence-electron chi connectivity index (χ2n) is 8.90. The van der Waals surface area contributed by atoms with E-state index in [9.17, 15) is 5.11 Å². The lowest BCUT2D eigenvalue weighted by Crippen LogP contribution is -2.25. The lowest BCUT2D eigenvalue weighted by Gasteiger charge is -2.20. The minimum absolute atomic E-state index is 0.0826. The quantitative estimate of drug-likeness (QED) is 0.342. The Kier molecular flexibility index (Phi) is 6.30. The predicted octanol–water partition coefficient (Wildman–Crippen LogP) is 5.63. The normalized spacial score (nSPS) is 13.0. The minimum atomic E-state index is 0.0826. The van der Waals surface area contributed by atoms with E-state index >= 15 is 0 Å². The van der Waals surface area contributed by atoms with Gasteiger partial charge in [0.1, 0.15) is 23.5 Å². The van der Waals surface area contributed by atoms with E-state index in [1.54, 1.807) is 6.33 Å². The molecule has 0 bridgehead atoms. The molecule has 2 aromatic heterocycles. The second kappa shape index (κ2) is 9.52. The number of aromatic nitrogens is 3. The molecule has 4 aromatic rings. The van der Waals surface area contributed by atoms with Crippen molar-refractivity contribution >= 4 is 39.7 Å². The number of hydrogen-bond donors (Lipinski definition) is 2. The molecule has 2 aromatic carbocycles. The first kappa shape index (κ1) is 22.5. The van der Waals surface area contributed by atoms with E-state index < -0.39 is 0 Å². The third kappa shape index (κ3) is 4.41. The van der Waals surface area contributed by atoms with Crippen molar-refractivity contribution in [1.82, 2.24) is 14.5 Å². The standard InChI is InChI=1S/C26H28ClN5O2/c1-17(2)15-32-10-8-19-22(32)4-3-5-23(19)34-24-7-6-18(14-20(24)27)30-26-25-21(28-16-29-26)9-11-31(25)12-13-33/h3-8,10,14,16-17,33H,9,11-13,15H2,1-2H3,(H,28,29,30). The van der Waals surface area contributed by atoms with Gasteiger partial charge in [0.2, 0.25) is 0 Å². The maximum absolute atomic E-state index is 9.39. The average molecular weight is 478 g/mol. The Balaban J connectivity index is 1.38. The van der Waals surface area contributed by atoms with E-state index in [0.29, 0.717) is 29.1 Å². The van der Waals surface area contributed by atoms with Crippen molar-refractivity contribution in [3.8, 4) is 11.5 Å². The summed E-state index contributed by atoms with van der Waals surface area (Å²) in [6, 6.07) is 13.8. The topological polar surface area (TPSA) is 75.4 Å². The molecular formula is C26H28ClN5O2. The molecule has 7 nitrogen and oxygen atoms in total. The molecule has 3 heterocycles. The third-order valence-electron chi connectivity index (χ3n) is 5.95. The maximum Gasteiger partial charge on any atom is 0.157 e. The van der Waals surface area contributed by atoms with E-state index in [-0.39, 0.29) is 6.61 Å². The van der Waals surface area contributed by atoms with Gasteiger partial charge in [-0.05, 0) is 42.3 Å². The van der Waals surface area contributed by atoms with Crippen LogP contribution in [0.5, 0.6) is 11.5 Å². The van der Waals surface area contributed by atoms with Gasteiger partial charge in [0, 0.05) is 43.3 Å². The average Bonchev–Trinajstić information content (AvgIpc) is 3.41. The molecular weight excluding hydrogens is 450 g/mol. The van der Waals surface area contributed by atoms with E-state index in [2.05, 4.69) is 56.9 Å². The molecule has 176 valence electrons. The first-order chi connectivity index (χ1) is 16.5. The molecule has 1 aliphatic rings. The first-order valence-electron chi connectivity index (χ1n) is 11.6. The van der Waals surface area contributed by atoms with Gasteiger partial charge in [-0.15, -0.1) is 0 Å². The molecule has 1 aliphatic heterocycles. The molecule has 0 atom stereocenters. The Hall–Kier alpha value is -3.29. The summed E-state index contributed by atoms with van der Waals surface area (Å²) in [5.41, 5.74) is 3.86. The smallest absolute Gasteiger partial charge is 0.157 e. The highest BCUT2D eigenvalue weighted by atomic mass is 35.5. The van der Waals surface area contributed by atoms with Gasteiger partial charge in [-0.1, -0.05) is 31.5 Å². The lowest BCUT2D eigenvalue weighted by molar-refractivity contribution is 0.303. The second-order valence-corrected chi connectivity index (χ2v) is 9.31. The zero-order valence-electron chi connectivity index (χ0n) is 19.3. The van der Waals surface area contributed by atoms with Crippen LogP contribution in [0, 0.1) is 5.92 Å². The van der Waals surface area contributed by atoms with Crippen molar-refractivity contribution in [2.75, 3.05) is 29.9 Å². The van der Waals surface area contributed by atoms with Gasteiger partial charge in [-0.25, -0.2) is 9.97 Å². The van der Waals surface area contributed by atoms with Crippen molar-refractivity contribution in [2.24, 2.45) is 5.92 Å². The number of aliphatic hydroxyl groups excluding tert-OH is 1. The fraction of sp³-hybridized carbons (Fsp3) is 0.308. The summed E-state index contributed by atoms with van der Waals surface area (Å²) in [5, 5.41) is 14.3. The summed E-state index contributed by atoms with van der Waals surface area (Å²) in [6.07, 6.45) is 4.51. The van der Waals surface area contributed by atoms with Crippen LogP contribution in [0.1, 0.15) is 19.5 Å². The van der Waals surface area contributed by atoms with Gasteiger partial charge in [0.05, 0.1) is 22.8 Å². The van der Waals surface area contributed by atoms with Crippen LogP contribution < -0.4 is 15.0 Å². The summed E-state index contributed by atoms with van der Waals surface area (Å²) in [7, 11) is 0. The zero-order chi connectivity index (χ0) is 23.7. The SMILES string of the molecule is CC(C)Cn1ccc2c(Oc3ccc(Nc4ncnc5c4N(CCO)CC5)cc3Cl)cccc21. The number of ether oxygens (including phenoxy) is 1. The van der Waals surface area contributed by atoms with Crippen LogP contribution in [-0.4, -0.2) is 39.3 Å². The van der Waals surface area contributed by atoms with E-state index in [1.165, 1.54) is 0 Å². The minimum Gasteiger partial charge on any atom is -0.455 e. The van der Waals surface area contributed by atoms with Crippen molar-refractivity contribution < 1.29 is 9.84 Å². The van der Waals surface area contributed by atoms with Crippen LogP contribution in [0.15, 0.2) is 55.0 Å². The Morgan fingerprint density at radius 3 is 2.82 bits per heavy atom. The molecule has 8 heteroatoms. The van der Waals surface area contributed by atoms with Crippen molar-refractivity contribution in [3.05, 3.63) is 65.7 Å². The fourth-order valence-corrected chi connectivity index (χ4v) is 4.69. The van der Waals surface area contributed by atoms with Gasteiger partial charge >= 0.3 is 0 Å². The van der Waals surface area contributed by atoms with E-state index in [0.717, 1.165) is 53.2 Å². The van der Waals surface area contributed by atoms with Crippen LogP contribution in [0.4, 0.5) is 17.2 Å². The van der Waals surface area contributed by atoms with Gasteiger partial charge in [0.15, 0.2) is 5.82 Å². The van der Waals surface area contributed by atoms with Crippen LogP contribution >= 0.6 is 11.6 Å². The molecule has 0 unspecified atom stereocenters. The molecule has 0 fully saturated rings. The number of nitrogens with one attached hydrogen (secondary N) is 1. The van der Waals surface area contributed by atoms with Crippen LogP contribution in [0.2, 0.25) is 5.02 Å². The number of fused-ring (bicyclic) bond motifs is 2. The van der Waals surface area contributed by atoms with Crippen molar-refractivity contribution in [1.29, 1.82) is 0 Å². The Labute approximate surface area is 204 Å². The predicted molar refractivity (Wildman–Crippen MR) is 137 cm³/mol. The van der Waals surface area contributed by atoms with E-state index in [4.69, 9.17) is 16.3 Å². The summed E-state index contributed by atoms with van der Waals surface area (Å²) in [5.74, 6) is 2.63. The fourth-order valence-electron chi connectivity index (χ4n) is 4.47. The molecule has 0 radical (unpaired) electrons. The Morgan fingerprint density at radius 1 is 1.15 bits per heavy atom. The number of halogens is 1. The zero-order valence-corrected chi connectivity index (χ0v) is 20.1. The molecule has 0 amide bonds. The van der Waals surface area contributed by atoms with Crippen LogP contribution in [-0.2, 0) is 13.0 Å². The Bertz CT molecular complexity index is 1320. The van der Waals surface area contributed by atoms with E-state index in [1.807, 2.05) is 30.3 Å². The molecule has 34 heavy (non-hydrogen) atoms. The lowest BCUT2D eigenvalue weighted by atomic mass is 10.2. The van der Waals surface area contributed by atoms with Crippen LogP contribution in [0.25, 0.3) is 10.9 Å². The monoisotopic (exact) mass is 477 g/mol. The number of aliphatic hydroxyl groups is 1. The maximum atomic E-state index is 9.39. The first-order valence-corrected chi connectivity index (χ1v) is 11.9. The molecule has 5 rings (SSSR count). The number of hydrogen-bond acceptors (Lipinski definition) is 6. The van der Waals surface area contributed by atoms with Gasteiger partial charge in [-0.2, -0.15) is 0 Å². The highest BCUT2D eigenvalue weighted by Gasteiger charge is 2.24. The molecule has 2 N–H and O–H groups in total. The molecule has 0 aliphatic carbocycles. The summed E-state index contributed by atoms with van der Waals surface area (Å²) in [4.78, 5) is 10.9. The highest BCUT2D eigenvalue weighted by molar-refractivity contribution is 6.32. The largest absolute Gasteiger partial charge is 0.455 e. The third-order valence-corrected chi connectivity index (χ3v) is 6.25. The number of nitrogens with zero attached hydrogens (tertiary/aromatic N) is 4. The summed E-state index contributed by atoms with van der Waals surface area (Å²) < 4.78 is 8.49. The van der Waals surface area contributed by atoms with Crippen molar-refractivity contribution in [3.63, 3.8) is 0 Å². The summed E-state index contributed by atoms with van der Waals surface area (Å²) >= 11 is 6.62. The van der Waals surface area contributed by atoms with Crippen molar-refractivity contribution in [2.45, 2.75) is 26.8 Å². The number of anilines is 3. The van der Waals surface area contributed by atoms with Gasteiger partial charge < -0.3 is 24.6 Å². The molecule has 0 saturated carbocycles.